The Labute approximate surface area is 116 Å². The summed E-state index contributed by atoms with van der Waals surface area (Å²) in [5, 5.41) is 0. The molecule has 0 saturated carbocycles. The van der Waals surface area contributed by atoms with Crippen molar-refractivity contribution in [2.75, 3.05) is 26.1 Å². The maximum Gasteiger partial charge on any atom is 0.165 e. The molecule has 0 amide bonds. The Hall–Kier alpha value is -2.43. The first kappa shape index (κ1) is 14.0. The predicted octanol–water partition coefficient (Wildman–Crippen LogP) is 2.87. The van der Waals surface area contributed by atoms with Gasteiger partial charge in [-0.2, -0.15) is 0 Å². The highest BCUT2D eigenvalue weighted by Gasteiger charge is 2.04. The van der Waals surface area contributed by atoms with Gasteiger partial charge < -0.3 is 19.9 Å². The van der Waals surface area contributed by atoms with Crippen molar-refractivity contribution in [1.29, 1.82) is 0 Å². The standard InChI is InChI=1S/C15H16FNO3/c1-18-11-6-7-15(13(17)10-11)20-9-8-19-14-5-3-2-4-12(14)16/h2-7,10H,8-9,17H2,1H3. The minimum Gasteiger partial charge on any atom is -0.497 e. The lowest BCUT2D eigenvalue weighted by atomic mass is 10.3. The topological polar surface area (TPSA) is 53.7 Å². The normalized spacial score (nSPS) is 10.1. The summed E-state index contributed by atoms with van der Waals surface area (Å²) in [7, 11) is 1.57. The lowest BCUT2D eigenvalue weighted by Gasteiger charge is -2.11. The van der Waals surface area contributed by atoms with Crippen molar-refractivity contribution in [3.8, 4) is 17.2 Å². The van der Waals surface area contributed by atoms with Crippen LogP contribution in [0.5, 0.6) is 17.2 Å². The van der Waals surface area contributed by atoms with Gasteiger partial charge >= 0.3 is 0 Å². The van der Waals surface area contributed by atoms with Crippen molar-refractivity contribution in [3.63, 3.8) is 0 Å². The van der Waals surface area contributed by atoms with E-state index in [1.165, 1.54) is 6.07 Å². The van der Waals surface area contributed by atoms with Crippen molar-refractivity contribution in [3.05, 3.63) is 48.3 Å². The molecule has 20 heavy (non-hydrogen) atoms. The zero-order valence-electron chi connectivity index (χ0n) is 11.1. The Morgan fingerprint density at radius 2 is 1.70 bits per heavy atom. The monoisotopic (exact) mass is 277 g/mol. The SMILES string of the molecule is COc1ccc(OCCOc2ccccc2F)c(N)c1. The fraction of sp³-hybridized carbons (Fsp3) is 0.200. The van der Waals surface area contributed by atoms with Gasteiger partial charge in [-0.1, -0.05) is 12.1 Å². The minimum atomic E-state index is -0.392. The smallest absolute Gasteiger partial charge is 0.165 e. The fourth-order valence-electron chi connectivity index (χ4n) is 1.65. The van der Waals surface area contributed by atoms with Crippen LogP contribution in [0.3, 0.4) is 0 Å². The van der Waals surface area contributed by atoms with Gasteiger partial charge in [0.15, 0.2) is 11.6 Å². The summed E-state index contributed by atoms with van der Waals surface area (Å²) in [6.07, 6.45) is 0. The molecule has 2 N–H and O–H groups in total. The van der Waals surface area contributed by atoms with E-state index >= 15 is 0 Å². The number of halogens is 1. The molecule has 106 valence electrons. The maximum absolute atomic E-state index is 13.3. The Bertz CT molecular complexity index is 575. The molecule has 0 aliphatic carbocycles. The quantitative estimate of drug-likeness (QED) is 0.651. The van der Waals surface area contributed by atoms with Crippen LogP contribution in [-0.4, -0.2) is 20.3 Å². The van der Waals surface area contributed by atoms with E-state index in [9.17, 15) is 4.39 Å². The minimum absolute atomic E-state index is 0.207. The van der Waals surface area contributed by atoms with Gasteiger partial charge in [0.05, 0.1) is 12.8 Å². The van der Waals surface area contributed by atoms with Crippen molar-refractivity contribution >= 4 is 5.69 Å². The third kappa shape index (κ3) is 3.54. The van der Waals surface area contributed by atoms with Gasteiger partial charge in [0.1, 0.15) is 24.7 Å². The number of nitrogen functional groups attached to an aromatic ring is 1. The van der Waals surface area contributed by atoms with E-state index < -0.39 is 5.82 Å². The molecule has 0 aromatic heterocycles. The van der Waals surface area contributed by atoms with Gasteiger partial charge in [0.2, 0.25) is 0 Å². The molecule has 0 radical (unpaired) electrons. The van der Waals surface area contributed by atoms with Gasteiger partial charge in [-0.3, -0.25) is 0 Å². The third-order valence-electron chi connectivity index (χ3n) is 2.65. The summed E-state index contributed by atoms with van der Waals surface area (Å²) >= 11 is 0. The van der Waals surface area contributed by atoms with Crippen LogP contribution < -0.4 is 19.9 Å². The van der Waals surface area contributed by atoms with Crippen LogP contribution in [0.1, 0.15) is 0 Å². The van der Waals surface area contributed by atoms with E-state index in [0.717, 1.165) is 0 Å². The molecule has 5 heteroatoms. The number of methoxy groups -OCH3 is 1. The maximum atomic E-state index is 13.3. The van der Waals surface area contributed by atoms with Crippen LogP contribution in [0.25, 0.3) is 0 Å². The average Bonchev–Trinajstić information content (AvgIpc) is 2.46. The van der Waals surface area contributed by atoms with Gasteiger partial charge in [-0.15, -0.1) is 0 Å². The first-order chi connectivity index (χ1) is 9.70. The summed E-state index contributed by atoms with van der Waals surface area (Å²) in [6.45, 7) is 0.497. The zero-order chi connectivity index (χ0) is 14.4. The molecule has 0 fully saturated rings. The van der Waals surface area contributed by atoms with E-state index in [-0.39, 0.29) is 19.0 Å². The molecule has 0 bridgehead atoms. The Kier molecular flexibility index (Phi) is 4.65. The first-order valence-electron chi connectivity index (χ1n) is 6.14. The van der Waals surface area contributed by atoms with Crippen LogP contribution in [0.4, 0.5) is 10.1 Å². The Morgan fingerprint density at radius 1 is 1.00 bits per heavy atom. The molecule has 0 unspecified atom stereocenters. The number of nitrogens with two attached hydrogens (primary N) is 1. The average molecular weight is 277 g/mol. The summed E-state index contributed by atoms with van der Waals surface area (Å²) in [6, 6.07) is 11.4. The second-order valence-corrected chi connectivity index (χ2v) is 4.03. The van der Waals surface area contributed by atoms with E-state index in [1.807, 2.05) is 0 Å². The van der Waals surface area contributed by atoms with E-state index in [2.05, 4.69) is 0 Å². The third-order valence-corrected chi connectivity index (χ3v) is 2.65. The predicted molar refractivity (Wildman–Crippen MR) is 74.8 cm³/mol. The lowest BCUT2D eigenvalue weighted by molar-refractivity contribution is 0.212. The molecule has 0 heterocycles. The second kappa shape index (κ2) is 6.65. The number of benzene rings is 2. The molecule has 2 aromatic rings. The van der Waals surface area contributed by atoms with Crippen LogP contribution in [0.2, 0.25) is 0 Å². The van der Waals surface area contributed by atoms with Crippen LogP contribution in [0, 0.1) is 5.82 Å². The fourth-order valence-corrected chi connectivity index (χ4v) is 1.65. The highest BCUT2D eigenvalue weighted by atomic mass is 19.1. The number of hydrogen-bond acceptors (Lipinski definition) is 4. The lowest BCUT2D eigenvalue weighted by Crippen LogP contribution is -2.10. The van der Waals surface area contributed by atoms with E-state index in [4.69, 9.17) is 19.9 Å². The van der Waals surface area contributed by atoms with Gasteiger partial charge in [0, 0.05) is 6.07 Å². The largest absolute Gasteiger partial charge is 0.497 e. The molecular weight excluding hydrogens is 261 g/mol. The molecule has 0 atom stereocenters. The molecule has 2 rings (SSSR count). The summed E-state index contributed by atoms with van der Waals surface area (Å²) in [5.74, 6) is 1.02. The molecule has 2 aromatic carbocycles. The van der Waals surface area contributed by atoms with Gasteiger partial charge in [-0.05, 0) is 24.3 Å². The van der Waals surface area contributed by atoms with Crippen molar-refractivity contribution in [2.45, 2.75) is 0 Å². The Morgan fingerprint density at radius 3 is 2.35 bits per heavy atom. The number of ether oxygens (including phenoxy) is 3. The summed E-state index contributed by atoms with van der Waals surface area (Å²) in [4.78, 5) is 0. The molecule has 0 saturated heterocycles. The molecular formula is C15H16FNO3. The first-order valence-corrected chi connectivity index (χ1v) is 6.14. The molecule has 0 aliphatic rings. The highest BCUT2D eigenvalue weighted by molar-refractivity contribution is 5.56. The van der Waals surface area contributed by atoms with E-state index in [0.29, 0.717) is 17.2 Å². The molecule has 0 spiro atoms. The number of anilines is 1. The number of rotatable bonds is 6. The van der Waals surface area contributed by atoms with Crippen molar-refractivity contribution in [2.24, 2.45) is 0 Å². The second-order valence-electron chi connectivity index (χ2n) is 4.03. The zero-order valence-corrected chi connectivity index (χ0v) is 11.1. The van der Waals surface area contributed by atoms with Crippen LogP contribution >= 0.6 is 0 Å². The van der Waals surface area contributed by atoms with Crippen molar-refractivity contribution < 1.29 is 18.6 Å². The van der Waals surface area contributed by atoms with Crippen LogP contribution in [0.15, 0.2) is 42.5 Å². The highest BCUT2D eigenvalue weighted by Crippen LogP contribution is 2.26. The van der Waals surface area contributed by atoms with Gasteiger partial charge in [-0.25, -0.2) is 4.39 Å². The number of para-hydroxylation sites is 1. The van der Waals surface area contributed by atoms with Crippen molar-refractivity contribution in [1.82, 2.24) is 0 Å². The summed E-state index contributed by atoms with van der Waals surface area (Å²) < 4.78 is 29.1. The molecule has 0 aliphatic heterocycles. The van der Waals surface area contributed by atoms with E-state index in [1.54, 1.807) is 43.5 Å². The molecule has 4 nitrogen and oxygen atoms in total. The van der Waals surface area contributed by atoms with Gasteiger partial charge in [0.25, 0.3) is 0 Å². The Balaban J connectivity index is 1.83. The van der Waals surface area contributed by atoms with Crippen LogP contribution in [-0.2, 0) is 0 Å². The number of hydrogen-bond donors (Lipinski definition) is 1. The summed E-state index contributed by atoms with van der Waals surface area (Å²) in [5.41, 5.74) is 6.29.